The van der Waals surface area contributed by atoms with E-state index in [1.165, 1.54) is 12.5 Å². The van der Waals surface area contributed by atoms with Gasteiger partial charge >= 0.3 is 5.97 Å². The van der Waals surface area contributed by atoms with Gasteiger partial charge in [0.15, 0.2) is 0 Å². The van der Waals surface area contributed by atoms with Gasteiger partial charge in [0.25, 0.3) is 0 Å². The van der Waals surface area contributed by atoms with Crippen molar-refractivity contribution in [3.63, 3.8) is 0 Å². The third-order valence-corrected chi connectivity index (χ3v) is 2.48. The maximum absolute atomic E-state index is 10.6. The van der Waals surface area contributed by atoms with Gasteiger partial charge in [-0.2, -0.15) is 0 Å². The van der Waals surface area contributed by atoms with Crippen LogP contribution < -0.4 is 4.74 Å². The molecule has 0 radical (unpaired) electrons. The van der Waals surface area contributed by atoms with Crippen LogP contribution in [0.1, 0.15) is 12.5 Å². The number of ether oxygens (including phenoxy) is 2. The zero-order valence-electron chi connectivity index (χ0n) is 9.31. The van der Waals surface area contributed by atoms with Crippen molar-refractivity contribution in [1.29, 1.82) is 0 Å². The molecule has 1 heterocycles. The Morgan fingerprint density at radius 1 is 1.50 bits per heavy atom. The minimum absolute atomic E-state index is 0.238. The lowest BCUT2D eigenvalue weighted by molar-refractivity contribution is -0.141. The Morgan fingerprint density at radius 3 is 3.12 bits per heavy atom. The number of fused-ring (bicyclic) bond motifs is 1. The van der Waals surface area contributed by atoms with E-state index in [1.807, 2.05) is 24.3 Å². The Hall–Kier alpha value is -1.55. The van der Waals surface area contributed by atoms with Crippen molar-refractivity contribution in [2.75, 3.05) is 19.9 Å². The first-order chi connectivity index (χ1) is 7.75. The maximum atomic E-state index is 10.6. The number of benzene rings is 1. The van der Waals surface area contributed by atoms with Crippen LogP contribution in [0.3, 0.4) is 0 Å². The highest BCUT2D eigenvalue weighted by Gasteiger charge is 2.16. The van der Waals surface area contributed by atoms with Crippen LogP contribution in [0.2, 0.25) is 0 Å². The largest absolute Gasteiger partial charge is 0.478 e. The summed E-state index contributed by atoms with van der Waals surface area (Å²) >= 11 is 0. The molecule has 1 aromatic rings. The molecule has 86 valence electrons. The molecule has 16 heavy (non-hydrogen) atoms. The van der Waals surface area contributed by atoms with Crippen LogP contribution in [0, 0.1) is 0 Å². The van der Waals surface area contributed by atoms with Crippen LogP contribution in [-0.2, 0) is 16.1 Å². The average Bonchev–Trinajstić information content (AvgIpc) is 2.28. The van der Waals surface area contributed by atoms with Gasteiger partial charge in [-0.25, -0.2) is 0 Å². The first-order valence-electron chi connectivity index (χ1n) is 5.32. The predicted molar refractivity (Wildman–Crippen MR) is 59.0 cm³/mol. The fourth-order valence-electron chi connectivity index (χ4n) is 1.68. The van der Waals surface area contributed by atoms with E-state index in [9.17, 15) is 4.79 Å². The van der Waals surface area contributed by atoms with Gasteiger partial charge in [-0.1, -0.05) is 18.2 Å². The number of hydrogen-bond acceptors (Lipinski definition) is 4. The third kappa shape index (κ3) is 2.73. The van der Waals surface area contributed by atoms with Gasteiger partial charge in [0.2, 0.25) is 0 Å². The number of para-hydroxylation sites is 1. The van der Waals surface area contributed by atoms with Crippen LogP contribution in [0.4, 0.5) is 0 Å². The lowest BCUT2D eigenvalue weighted by Gasteiger charge is -2.28. The van der Waals surface area contributed by atoms with E-state index in [-0.39, 0.29) is 5.97 Å². The lowest BCUT2D eigenvalue weighted by atomic mass is 10.2. The summed E-state index contributed by atoms with van der Waals surface area (Å²) in [4.78, 5) is 12.7. The molecule has 0 aromatic heterocycles. The quantitative estimate of drug-likeness (QED) is 0.723. The van der Waals surface area contributed by atoms with Crippen molar-refractivity contribution in [3.05, 3.63) is 29.8 Å². The summed E-state index contributed by atoms with van der Waals surface area (Å²) in [6, 6.07) is 7.98. The lowest BCUT2D eigenvalue weighted by Crippen LogP contribution is -2.34. The second kappa shape index (κ2) is 4.99. The number of esters is 1. The molecule has 0 spiro atoms. The van der Waals surface area contributed by atoms with Crippen LogP contribution in [0.5, 0.6) is 5.75 Å². The molecule has 0 bridgehead atoms. The van der Waals surface area contributed by atoms with E-state index >= 15 is 0 Å². The molecule has 0 saturated heterocycles. The Bertz CT molecular complexity index is 378. The molecule has 4 nitrogen and oxygen atoms in total. The van der Waals surface area contributed by atoms with Crippen molar-refractivity contribution < 1.29 is 14.3 Å². The topological polar surface area (TPSA) is 38.8 Å². The van der Waals surface area contributed by atoms with Gasteiger partial charge in [0.05, 0.1) is 0 Å². The maximum Gasteiger partial charge on any atom is 0.302 e. The highest BCUT2D eigenvalue weighted by atomic mass is 16.5. The van der Waals surface area contributed by atoms with Crippen molar-refractivity contribution in [3.8, 4) is 5.75 Å². The molecular weight excluding hydrogens is 206 g/mol. The number of hydrogen-bond donors (Lipinski definition) is 0. The van der Waals surface area contributed by atoms with Crippen LogP contribution in [-0.4, -0.2) is 30.8 Å². The van der Waals surface area contributed by atoms with Gasteiger partial charge in [0.1, 0.15) is 19.1 Å². The number of nitrogens with zero attached hydrogens (tertiary/aromatic N) is 1. The van der Waals surface area contributed by atoms with E-state index < -0.39 is 0 Å². The highest BCUT2D eigenvalue weighted by Crippen LogP contribution is 2.23. The summed E-state index contributed by atoms with van der Waals surface area (Å²) < 4.78 is 10.5. The molecule has 1 aromatic carbocycles. The molecule has 0 saturated carbocycles. The molecule has 0 unspecified atom stereocenters. The summed E-state index contributed by atoms with van der Waals surface area (Å²) in [6.07, 6.45) is 0. The number of carbonyl (C=O) groups excluding carboxylic acids is 1. The number of rotatable bonds is 3. The van der Waals surface area contributed by atoms with Crippen molar-refractivity contribution in [2.45, 2.75) is 13.5 Å². The summed E-state index contributed by atoms with van der Waals surface area (Å²) in [5.41, 5.74) is 1.18. The number of carbonyl (C=O) groups is 1. The summed E-state index contributed by atoms with van der Waals surface area (Å²) in [5.74, 6) is 0.713. The van der Waals surface area contributed by atoms with E-state index in [1.54, 1.807) is 0 Å². The van der Waals surface area contributed by atoms with Gasteiger partial charge in [-0.3, -0.25) is 9.69 Å². The normalized spacial score (nSPS) is 15.1. The highest BCUT2D eigenvalue weighted by molar-refractivity contribution is 5.65. The Labute approximate surface area is 94.8 Å². The molecule has 0 aliphatic carbocycles. The second-order valence-corrected chi connectivity index (χ2v) is 3.77. The van der Waals surface area contributed by atoms with Gasteiger partial charge in [-0.15, -0.1) is 0 Å². The first-order valence-corrected chi connectivity index (χ1v) is 5.32. The molecule has 0 fully saturated rings. The molecular formula is C12H15NO3. The van der Waals surface area contributed by atoms with E-state index in [2.05, 4.69) is 4.90 Å². The summed E-state index contributed by atoms with van der Waals surface area (Å²) in [6.45, 7) is 3.94. The van der Waals surface area contributed by atoms with E-state index in [0.717, 1.165) is 12.3 Å². The smallest absolute Gasteiger partial charge is 0.302 e. The Balaban J connectivity index is 1.86. The fraction of sp³-hybridized carbons (Fsp3) is 0.417. The monoisotopic (exact) mass is 221 g/mol. The van der Waals surface area contributed by atoms with Crippen molar-refractivity contribution in [1.82, 2.24) is 4.90 Å². The molecule has 0 amide bonds. The minimum atomic E-state index is -0.238. The second-order valence-electron chi connectivity index (χ2n) is 3.77. The molecule has 0 atom stereocenters. The molecule has 1 aliphatic heterocycles. The molecule has 1 aliphatic rings. The van der Waals surface area contributed by atoms with E-state index in [4.69, 9.17) is 9.47 Å². The van der Waals surface area contributed by atoms with Crippen LogP contribution >= 0.6 is 0 Å². The van der Waals surface area contributed by atoms with Crippen LogP contribution in [0.15, 0.2) is 24.3 Å². The standard InChI is InChI=1S/C12H15NO3/c1-10(14)15-7-6-13-8-11-4-2-3-5-12(11)16-9-13/h2-5H,6-9H2,1H3. The molecule has 2 rings (SSSR count). The molecule has 4 heteroatoms. The zero-order chi connectivity index (χ0) is 11.4. The Morgan fingerprint density at radius 2 is 2.31 bits per heavy atom. The summed E-state index contributed by atoms with van der Waals surface area (Å²) in [7, 11) is 0. The third-order valence-electron chi connectivity index (χ3n) is 2.48. The average molecular weight is 221 g/mol. The van der Waals surface area contributed by atoms with Crippen LogP contribution in [0.25, 0.3) is 0 Å². The SMILES string of the molecule is CC(=O)OCCN1COc2ccccc2C1. The van der Waals surface area contributed by atoms with Gasteiger partial charge in [-0.05, 0) is 6.07 Å². The van der Waals surface area contributed by atoms with E-state index in [0.29, 0.717) is 19.9 Å². The molecule has 0 N–H and O–H groups in total. The van der Waals surface area contributed by atoms with Crippen molar-refractivity contribution >= 4 is 5.97 Å². The van der Waals surface area contributed by atoms with Gasteiger partial charge in [0, 0.05) is 25.6 Å². The van der Waals surface area contributed by atoms with Gasteiger partial charge < -0.3 is 9.47 Å². The predicted octanol–water partition coefficient (Wildman–Crippen LogP) is 1.40. The fourth-order valence-corrected chi connectivity index (χ4v) is 1.68. The summed E-state index contributed by atoms with van der Waals surface area (Å²) in [5, 5.41) is 0. The zero-order valence-corrected chi connectivity index (χ0v) is 9.31. The Kier molecular flexibility index (Phi) is 3.41. The minimum Gasteiger partial charge on any atom is -0.478 e. The first kappa shape index (κ1) is 11.0. The van der Waals surface area contributed by atoms with Crippen molar-refractivity contribution in [2.24, 2.45) is 0 Å².